The van der Waals surface area contributed by atoms with Gasteiger partial charge in [-0.25, -0.2) is 9.59 Å². The Morgan fingerprint density at radius 3 is 1.77 bits per heavy atom. The molecule has 0 spiro atoms. The Labute approximate surface area is 160 Å². The SMILES string of the molecule is CCCCCCCCCCCCCOC(=O)C(C)NC(=O)OCC(C)C. The summed E-state index contributed by atoms with van der Waals surface area (Å²) in [5.74, 6) is -0.136. The molecule has 0 fully saturated rings. The van der Waals surface area contributed by atoms with E-state index >= 15 is 0 Å². The standard InChI is InChI=1S/C21H41NO4/c1-5-6-7-8-9-10-11-12-13-14-15-16-25-20(23)19(4)22-21(24)26-17-18(2)3/h18-19H,5-17H2,1-4H3,(H,22,24). The Morgan fingerprint density at radius 2 is 1.27 bits per heavy atom. The molecule has 0 aromatic heterocycles. The lowest BCUT2D eigenvalue weighted by molar-refractivity contribution is -0.145. The third kappa shape index (κ3) is 16.2. The van der Waals surface area contributed by atoms with E-state index in [0.29, 0.717) is 13.2 Å². The van der Waals surface area contributed by atoms with E-state index in [9.17, 15) is 9.59 Å². The second kappa shape index (κ2) is 17.2. The minimum Gasteiger partial charge on any atom is -0.464 e. The highest BCUT2D eigenvalue weighted by Gasteiger charge is 2.17. The van der Waals surface area contributed by atoms with Crippen LogP contribution in [0.1, 0.15) is 98.3 Å². The van der Waals surface area contributed by atoms with Gasteiger partial charge in [0.15, 0.2) is 0 Å². The lowest BCUT2D eigenvalue weighted by Gasteiger charge is -2.14. The van der Waals surface area contributed by atoms with Gasteiger partial charge < -0.3 is 14.8 Å². The smallest absolute Gasteiger partial charge is 0.407 e. The number of hydrogen-bond acceptors (Lipinski definition) is 4. The van der Waals surface area contributed by atoms with E-state index in [1.807, 2.05) is 13.8 Å². The lowest BCUT2D eigenvalue weighted by Crippen LogP contribution is -2.40. The van der Waals surface area contributed by atoms with Crippen molar-refractivity contribution in [3.05, 3.63) is 0 Å². The Balaban J connectivity index is 3.46. The summed E-state index contributed by atoms with van der Waals surface area (Å²) >= 11 is 0. The first-order valence-corrected chi connectivity index (χ1v) is 10.6. The number of carbonyl (C=O) groups excluding carboxylic acids is 2. The number of esters is 1. The van der Waals surface area contributed by atoms with Crippen molar-refractivity contribution >= 4 is 12.1 Å². The molecule has 0 aromatic rings. The van der Waals surface area contributed by atoms with E-state index in [4.69, 9.17) is 9.47 Å². The Hall–Kier alpha value is -1.26. The minimum atomic E-state index is -0.678. The Morgan fingerprint density at radius 1 is 0.769 bits per heavy atom. The van der Waals surface area contributed by atoms with Crippen LogP contribution in [-0.4, -0.2) is 31.3 Å². The van der Waals surface area contributed by atoms with Crippen LogP contribution < -0.4 is 5.32 Å². The molecule has 1 unspecified atom stereocenters. The summed E-state index contributed by atoms with van der Waals surface area (Å²) < 4.78 is 10.2. The molecule has 0 aromatic carbocycles. The van der Waals surface area contributed by atoms with Crippen LogP contribution in [-0.2, 0) is 14.3 Å². The zero-order valence-corrected chi connectivity index (χ0v) is 17.5. The van der Waals surface area contributed by atoms with Crippen LogP contribution in [0.5, 0.6) is 0 Å². The van der Waals surface area contributed by atoms with Gasteiger partial charge >= 0.3 is 12.1 Å². The van der Waals surface area contributed by atoms with E-state index in [1.165, 1.54) is 57.8 Å². The number of ether oxygens (including phenoxy) is 2. The molecule has 5 nitrogen and oxygen atoms in total. The number of nitrogens with one attached hydrogen (secondary N) is 1. The predicted octanol–water partition coefficient (Wildman–Crippen LogP) is 5.61. The molecule has 0 bridgehead atoms. The number of carbonyl (C=O) groups is 2. The fourth-order valence-electron chi connectivity index (χ4n) is 2.58. The first kappa shape index (κ1) is 24.7. The van der Waals surface area contributed by atoms with Gasteiger partial charge in [0.05, 0.1) is 13.2 Å². The second-order valence-corrected chi connectivity index (χ2v) is 7.56. The number of unbranched alkanes of at least 4 members (excludes halogenated alkanes) is 10. The molecule has 1 N–H and O–H groups in total. The van der Waals surface area contributed by atoms with Gasteiger partial charge in [-0.3, -0.25) is 0 Å². The van der Waals surface area contributed by atoms with Gasteiger partial charge in [0, 0.05) is 0 Å². The summed E-state index contributed by atoms with van der Waals surface area (Å²) in [6.07, 6.45) is 13.3. The molecule has 0 saturated heterocycles. The average molecular weight is 372 g/mol. The van der Waals surface area contributed by atoms with Crippen molar-refractivity contribution in [2.45, 2.75) is 104 Å². The zero-order valence-electron chi connectivity index (χ0n) is 17.5. The van der Waals surface area contributed by atoms with Gasteiger partial charge in [-0.15, -0.1) is 0 Å². The molecule has 0 aliphatic heterocycles. The summed E-state index contributed by atoms with van der Waals surface area (Å²) in [6, 6.07) is -0.678. The Kier molecular flexibility index (Phi) is 16.3. The highest BCUT2D eigenvalue weighted by molar-refractivity contribution is 5.80. The van der Waals surface area contributed by atoms with Crippen molar-refractivity contribution < 1.29 is 19.1 Å². The first-order valence-electron chi connectivity index (χ1n) is 10.6. The molecule has 0 rings (SSSR count). The normalized spacial score (nSPS) is 12.0. The molecule has 1 amide bonds. The number of alkyl carbamates (subject to hydrolysis) is 1. The highest BCUT2D eigenvalue weighted by atomic mass is 16.6. The quantitative estimate of drug-likeness (QED) is 0.283. The van der Waals surface area contributed by atoms with Gasteiger partial charge in [-0.2, -0.15) is 0 Å². The van der Waals surface area contributed by atoms with Crippen molar-refractivity contribution in [2.75, 3.05) is 13.2 Å². The maximum absolute atomic E-state index is 11.8. The molecule has 1 atom stereocenters. The molecule has 0 aliphatic rings. The molecule has 26 heavy (non-hydrogen) atoms. The van der Waals surface area contributed by atoms with Crippen molar-refractivity contribution in [3.63, 3.8) is 0 Å². The van der Waals surface area contributed by atoms with E-state index in [-0.39, 0.29) is 5.92 Å². The average Bonchev–Trinajstić information content (AvgIpc) is 2.60. The van der Waals surface area contributed by atoms with Crippen LogP contribution in [0.25, 0.3) is 0 Å². The Bertz CT molecular complexity index is 358. The maximum Gasteiger partial charge on any atom is 0.407 e. The van der Waals surface area contributed by atoms with Crippen LogP contribution in [0.2, 0.25) is 0 Å². The predicted molar refractivity (Wildman–Crippen MR) is 106 cm³/mol. The maximum atomic E-state index is 11.8. The minimum absolute atomic E-state index is 0.268. The first-order chi connectivity index (χ1) is 12.5. The van der Waals surface area contributed by atoms with Crippen LogP contribution in [0.4, 0.5) is 4.79 Å². The van der Waals surface area contributed by atoms with Gasteiger partial charge in [0.25, 0.3) is 0 Å². The van der Waals surface area contributed by atoms with E-state index < -0.39 is 18.1 Å². The molecule has 0 heterocycles. The van der Waals surface area contributed by atoms with Gasteiger partial charge in [-0.1, -0.05) is 85.0 Å². The summed E-state index contributed by atoms with van der Waals surface area (Å²) in [7, 11) is 0. The summed E-state index contributed by atoms with van der Waals surface area (Å²) in [5, 5.41) is 2.49. The van der Waals surface area contributed by atoms with Gasteiger partial charge in [0.1, 0.15) is 6.04 Å². The molecular formula is C21H41NO4. The molecule has 5 heteroatoms. The van der Waals surface area contributed by atoms with Crippen LogP contribution in [0.3, 0.4) is 0 Å². The number of hydrogen-bond donors (Lipinski definition) is 1. The number of rotatable bonds is 16. The van der Waals surface area contributed by atoms with E-state index in [2.05, 4.69) is 12.2 Å². The number of amides is 1. The fourth-order valence-corrected chi connectivity index (χ4v) is 2.58. The zero-order chi connectivity index (χ0) is 19.6. The van der Waals surface area contributed by atoms with Gasteiger partial charge in [0.2, 0.25) is 0 Å². The third-order valence-electron chi connectivity index (χ3n) is 4.23. The van der Waals surface area contributed by atoms with Crippen LogP contribution in [0.15, 0.2) is 0 Å². The second-order valence-electron chi connectivity index (χ2n) is 7.56. The molecule has 0 aliphatic carbocycles. The van der Waals surface area contributed by atoms with Crippen molar-refractivity contribution in [1.82, 2.24) is 5.32 Å². The molecule has 0 saturated carbocycles. The van der Waals surface area contributed by atoms with Crippen LogP contribution >= 0.6 is 0 Å². The summed E-state index contributed by atoms with van der Waals surface area (Å²) in [4.78, 5) is 23.3. The van der Waals surface area contributed by atoms with Crippen molar-refractivity contribution in [1.29, 1.82) is 0 Å². The van der Waals surface area contributed by atoms with Crippen molar-refractivity contribution in [3.8, 4) is 0 Å². The topological polar surface area (TPSA) is 64.6 Å². The third-order valence-corrected chi connectivity index (χ3v) is 4.23. The molecular weight excluding hydrogens is 330 g/mol. The monoisotopic (exact) mass is 371 g/mol. The summed E-state index contributed by atoms with van der Waals surface area (Å²) in [5.41, 5.74) is 0. The van der Waals surface area contributed by atoms with E-state index in [1.54, 1.807) is 6.92 Å². The van der Waals surface area contributed by atoms with Crippen LogP contribution in [0, 0.1) is 5.92 Å². The highest BCUT2D eigenvalue weighted by Crippen LogP contribution is 2.11. The molecule has 0 radical (unpaired) electrons. The van der Waals surface area contributed by atoms with Crippen molar-refractivity contribution in [2.24, 2.45) is 5.92 Å². The van der Waals surface area contributed by atoms with Gasteiger partial charge in [-0.05, 0) is 19.3 Å². The summed E-state index contributed by atoms with van der Waals surface area (Å²) in [6.45, 7) is 8.53. The fraction of sp³-hybridized carbons (Fsp3) is 0.905. The molecule has 154 valence electrons. The van der Waals surface area contributed by atoms with E-state index in [0.717, 1.165) is 12.8 Å². The largest absolute Gasteiger partial charge is 0.464 e. The lowest BCUT2D eigenvalue weighted by atomic mass is 10.1.